The highest BCUT2D eigenvalue weighted by Gasteiger charge is 2.16. The maximum absolute atomic E-state index is 9.11. The lowest BCUT2D eigenvalue weighted by molar-refractivity contribution is 0.614. The van der Waals surface area contributed by atoms with E-state index in [0.29, 0.717) is 17.1 Å². The summed E-state index contributed by atoms with van der Waals surface area (Å²) >= 11 is 6.24. The number of imidazole rings is 1. The Kier molecular flexibility index (Phi) is 5.20. The smallest absolute Gasteiger partial charge is 0.101 e. The first-order valence-electron chi connectivity index (χ1n) is 9.33. The molecule has 144 valence electrons. The van der Waals surface area contributed by atoms with Crippen molar-refractivity contribution in [1.29, 1.82) is 5.26 Å². The molecule has 6 heteroatoms. The first kappa shape index (κ1) is 19.0. The van der Waals surface area contributed by atoms with E-state index in [0.717, 1.165) is 34.8 Å². The topological polar surface area (TPSA) is 59.4 Å². The van der Waals surface area contributed by atoms with Crippen molar-refractivity contribution in [2.24, 2.45) is 0 Å². The lowest BCUT2D eigenvalue weighted by Gasteiger charge is -2.10. The van der Waals surface area contributed by atoms with Crippen LogP contribution in [0.1, 0.15) is 28.2 Å². The lowest BCUT2D eigenvalue weighted by atomic mass is 10.0. The molecule has 4 rings (SSSR count). The molecule has 4 aromatic rings. The Balaban J connectivity index is 1.64. The predicted molar refractivity (Wildman–Crippen MR) is 114 cm³/mol. The maximum Gasteiger partial charge on any atom is 0.101 e. The fourth-order valence-corrected chi connectivity index (χ4v) is 3.81. The van der Waals surface area contributed by atoms with Gasteiger partial charge in [-0.15, -0.1) is 0 Å². The number of hydrogen-bond acceptors (Lipinski definition) is 3. The summed E-state index contributed by atoms with van der Waals surface area (Å²) in [7, 11) is 0. The molecule has 0 saturated carbocycles. The summed E-state index contributed by atoms with van der Waals surface area (Å²) in [6.07, 6.45) is 3.74. The number of rotatable bonds is 5. The van der Waals surface area contributed by atoms with Crippen LogP contribution in [0.25, 0.3) is 11.1 Å². The molecule has 0 bridgehead atoms. The van der Waals surface area contributed by atoms with Crippen LogP contribution in [0.3, 0.4) is 0 Å². The summed E-state index contributed by atoms with van der Waals surface area (Å²) in [5, 5.41) is 14.3. The lowest BCUT2D eigenvalue weighted by Crippen LogP contribution is -2.10. The summed E-state index contributed by atoms with van der Waals surface area (Å²) in [4.78, 5) is 4.34. The Bertz CT molecular complexity index is 1200. The molecule has 0 fully saturated rings. The number of benzene rings is 2. The molecule has 0 amide bonds. The quantitative estimate of drug-likeness (QED) is 0.473. The van der Waals surface area contributed by atoms with Gasteiger partial charge in [-0.25, -0.2) is 4.98 Å². The van der Waals surface area contributed by atoms with Crippen LogP contribution in [0.15, 0.2) is 61.1 Å². The largest absolute Gasteiger partial charge is 0.328 e. The molecule has 0 aliphatic carbocycles. The van der Waals surface area contributed by atoms with Crippen LogP contribution in [0.2, 0.25) is 5.02 Å². The highest BCUT2D eigenvalue weighted by molar-refractivity contribution is 6.32. The van der Waals surface area contributed by atoms with Crippen LogP contribution in [-0.2, 0) is 13.1 Å². The summed E-state index contributed by atoms with van der Waals surface area (Å²) in [5.41, 5.74) is 6.78. The number of aromatic nitrogens is 4. The second-order valence-electron chi connectivity index (χ2n) is 7.01. The summed E-state index contributed by atoms with van der Waals surface area (Å²) in [6.45, 7) is 5.45. The van der Waals surface area contributed by atoms with Crippen LogP contribution in [-0.4, -0.2) is 19.3 Å². The molecule has 0 aliphatic rings. The fraction of sp³-hybridized carbons (Fsp3) is 0.174. The average molecular weight is 402 g/mol. The molecule has 0 aliphatic heterocycles. The standard InChI is InChI=1S/C23H20ClN5/c1-16-23(19-8-9-20(11-25)22(24)10-19)17(2)29(27-16)14-21-12-26-15-28(21)13-18-6-4-3-5-7-18/h3-10,12,15H,13-14H2,1-2H3. The summed E-state index contributed by atoms with van der Waals surface area (Å²) < 4.78 is 4.14. The third-order valence-electron chi connectivity index (χ3n) is 5.07. The first-order valence-corrected chi connectivity index (χ1v) is 9.71. The maximum atomic E-state index is 9.11. The number of aryl methyl sites for hydroxylation is 1. The van der Waals surface area contributed by atoms with Crippen molar-refractivity contribution in [3.8, 4) is 17.2 Å². The molecule has 2 aromatic heterocycles. The average Bonchev–Trinajstić information content (AvgIpc) is 3.26. The third kappa shape index (κ3) is 3.80. The number of nitriles is 1. The van der Waals surface area contributed by atoms with Crippen LogP contribution in [0.5, 0.6) is 0 Å². The second kappa shape index (κ2) is 7.94. The van der Waals surface area contributed by atoms with E-state index in [4.69, 9.17) is 22.0 Å². The molecule has 0 spiro atoms. The first-order chi connectivity index (χ1) is 14.1. The van der Waals surface area contributed by atoms with E-state index >= 15 is 0 Å². The van der Waals surface area contributed by atoms with Gasteiger partial charge in [-0.1, -0.05) is 48.0 Å². The van der Waals surface area contributed by atoms with Crippen molar-refractivity contribution in [1.82, 2.24) is 19.3 Å². The predicted octanol–water partition coefficient (Wildman–Crippen LogP) is 4.99. The molecule has 0 radical (unpaired) electrons. The van der Waals surface area contributed by atoms with Gasteiger partial charge in [0.2, 0.25) is 0 Å². The Morgan fingerprint density at radius 3 is 2.59 bits per heavy atom. The Labute approximate surface area is 174 Å². The van der Waals surface area contributed by atoms with Crippen molar-refractivity contribution in [3.05, 3.63) is 94.3 Å². The van der Waals surface area contributed by atoms with Gasteiger partial charge < -0.3 is 4.57 Å². The number of hydrogen-bond donors (Lipinski definition) is 0. The van der Waals surface area contributed by atoms with E-state index in [-0.39, 0.29) is 0 Å². The highest BCUT2D eigenvalue weighted by Crippen LogP contribution is 2.30. The van der Waals surface area contributed by atoms with Gasteiger partial charge in [0.05, 0.1) is 41.0 Å². The number of halogens is 1. The monoisotopic (exact) mass is 401 g/mol. The van der Waals surface area contributed by atoms with Crippen molar-refractivity contribution in [2.45, 2.75) is 26.9 Å². The third-order valence-corrected chi connectivity index (χ3v) is 5.38. The van der Waals surface area contributed by atoms with Gasteiger partial charge in [0.25, 0.3) is 0 Å². The second-order valence-corrected chi connectivity index (χ2v) is 7.42. The number of nitrogens with zero attached hydrogens (tertiary/aromatic N) is 5. The van der Waals surface area contributed by atoms with Gasteiger partial charge >= 0.3 is 0 Å². The molecule has 0 unspecified atom stereocenters. The van der Waals surface area contributed by atoms with Crippen LogP contribution < -0.4 is 0 Å². The van der Waals surface area contributed by atoms with Crippen LogP contribution >= 0.6 is 11.6 Å². The Morgan fingerprint density at radius 2 is 1.86 bits per heavy atom. The van der Waals surface area contributed by atoms with E-state index in [1.54, 1.807) is 6.07 Å². The van der Waals surface area contributed by atoms with Crippen molar-refractivity contribution >= 4 is 11.6 Å². The van der Waals surface area contributed by atoms with Crippen LogP contribution in [0, 0.1) is 25.2 Å². The van der Waals surface area contributed by atoms with E-state index in [1.165, 1.54) is 5.56 Å². The van der Waals surface area contributed by atoms with Gasteiger partial charge in [0.1, 0.15) is 6.07 Å². The molecular formula is C23H20ClN5. The summed E-state index contributed by atoms with van der Waals surface area (Å²) in [6, 6.07) is 17.9. The minimum Gasteiger partial charge on any atom is -0.328 e. The Morgan fingerprint density at radius 1 is 1.07 bits per heavy atom. The molecule has 29 heavy (non-hydrogen) atoms. The SMILES string of the molecule is Cc1nn(Cc2cncn2Cc2ccccc2)c(C)c1-c1ccc(C#N)c(Cl)c1. The van der Waals surface area contributed by atoms with Crippen LogP contribution in [0.4, 0.5) is 0 Å². The molecular weight excluding hydrogens is 382 g/mol. The van der Waals surface area contributed by atoms with E-state index < -0.39 is 0 Å². The molecule has 0 saturated heterocycles. The zero-order valence-corrected chi connectivity index (χ0v) is 17.1. The fourth-order valence-electron chi connectivity index (χ4n) is 3.59. The van der Waals surface area contributed by atoms with Gasteiger partial charge in [0, 0.05) is 17.8 Å². The minimum absolute atomic E-state index is 0.456. The normalized spacial score (nSPS) is 10.8. The molecule has 0 atom stereocenters. The van der Waals surface area contributed by atoms with Gasteiger partial charge in [-0.05, 0) is 37.1 Å². The zero-order valence-electron chi connectivity index (χ0n) is 16.3. The summed E-state index contributed by atoms with van der Waals surface area (Å²) in [5.74, 6) is 0. The molecule has 2 aromatic carbocycles. The van der Waals surface area contributed by atoms with Crippen molar-refractivity contribution in [2.75, 3.05) is 0 Å². The molecule has 2 heterocycles. The zero-order chi connectivity index (χ0) is 20.4. The van der Waals surface area contributed by atoms with E-state index in [9.17, 15) is 0 Å². The van der Waals surface area contributed by atoms with E-state index in [2.05, 4.69) is 34.7 Å². The minimum atomic E-state index is 0.456. The highest BCUT2D eigenvalue weighted by atomic mass is 35.5. The van der Waals surface area contributed by atoms with Gasteiger partial charge in [0.15, 0.2) is 0 Å². The molecule has 0 N–H and O–H groups in total. The molecule has 5 nitrogen and oxygen atoms in total. The van der Waals surface area contributed by atoms with Gasteiger partial charge in [-0.2, -0.15) is 10.4 Å². The van der Waals surface area contributed by atoms with Crippen molar-refractivity contribution < 1.29 is 0 Å². The van der Waals surface area contributed by atoms with E-state index in [1.807, 2.05) is 54.5 Å². The Hall–Kier alpha value is -3.36. The van der Waals surface area contributed by atoms with Gasteiger partial charge in [-0.3, -0.25) is 4.68 Å². The van der Waals surface area contributed by atoms with Crippen molar-refractivity contribution in [3.63, 3.8) is 0 Å².